The Morgan fingerprint density at radius 2 is 0.597 bits per heavy atom. The Morgan fingerprint density at radius 3 is 0.985 bits per heavy atom. The van der Waals surface area contributed by atoms with Gasteiger partial charge in [-0.25, -0.2) is 0 Å². The Hall–Kier alpha value is -3.67. The Morgan fingerprint density at radius 1 is 0.313 bits per heavy atom. The van der Waals surface area contributed by atoms with Crippen molar-refractivity contribution in [1.82, 2.24) is 0 Å². The third-order valence-electron chi connectivity index (χ3n) is 11.5. The summed E-state index contributed by atoms with van der Waals surface area (Å²) >= 11 is 0. The lowest BCUT2D eigenvalue weighted by Crippen LogP contribution is -2.30. The Bertz CT molecular complexity index is 1350. The number of hydrogen-bond donors (Lipinski definition) is 0. The number of ether oxygens (including phenoxy) is 3. The van der Waals surface area contributed by atoms with Gasteiger partial charge >= 0.3 is 17.9 Å². The molecule has 0 fully saturated rings. The fourth-order valence-electron chi connectivity index (χ4n) is 7.36. The number of rotatable bonds is 49. The molecule has 0 saturated carbocycles. The van der Waals surface area contributed by atoms with Crippen molar-refractivity contribution in [1.29, 1.82) is 0 Å². The summed E-state index contributed by atoms with van der Waals surface area (Å²) in [6, 6.07) is 0. The van der Waals surface area contributed by atoms with E-state index in [0.717, 1.165) is 116 Å². The maximum absolute atomic E-state index is 12.8. The van der Waals surface area contributed by atoms with Crippen molar-refractivity contribution in [2.24, 2.45) is 0 Å². The third kappa shape index (κ3) is 53.2. The average Bonchev–Trinajstić information content (AvgIpc) is 3.33. The molecule has 0 amide bonds. The van der Waals surface area contributed by atoms with Crippen molar-refractivity contribution in [3.05, 3.63) is 97.2 Å². The van der Waals surface area contributed by atoms with Crippen molar-refractivity contribution >= 4 is 17.9 Å². The largest absolute Gasteiger partial charge is 0.462 e. The lowest BCUT2D eigenvalue weighted by molar-refractivity contribution is -0.167. The van der Waals surface area contributed by atoms with E-state index in [1.54, 1.807) is 0 Å². The lowest BCUT2D eigenvalue weighted by Gasteiger charge is -2.18. The van der Waals surface area contributed by atoms with Gasteiger partial charge in [0, 0.05) is 19.3 Å². The van der Waals surface area contributed by atoms with Crippen molar-refractivity contribution in [2.45, 2.75) is 258 Å². The summed E-state index contributed by atoms with van der Waals surface area (Å²) in [5.41, 5.74) is 0. The van der Waals surface area contributed by atoms with E-state index in [4.69, 9.17) is 14.2 Å². The van der Waals surface area contributed by atoms with Gasteiger partial charge in [-0.3, -0.25) is 14.4 Å². The van der Waals surface area contributed by atoms with Gasteiger partial charge in [0.1, 0.15) is 13.2 Å². The fraction of sp³-hybridized carbons (Fsp3) is 0.689. The van der Waals surface area contributed by atoms with E-state index in [2.05, 4.69) is 118 Å². The van der Waals surface area contributed by atoms with E-state index in [1.165, 1.54) is 96.3 Å². The van der Waals surface area contributed by atoms with Gasteiger partial charge in [-0.2, -0.15) is 0 Å². The van der Waals surface area contributed by atoms with Gasteiger partial charge < -0.3 is 14.2 Å². The van der Waals surface area contributed by atoms with Crippen LogP contribution in [0.15, 0.2) is 97.2 Å². The van der Waals surface area contributed by atoms with E-state index >= 15 is 0 Å². The predicted molar refractivity (Wildman–Crippen MR) is 288 cm³/mol. The van der Waals surface area contributed by atoms with Crippen LogP contribution in [0.5, 0.6) is 0 Å². The summed E-state index contributed by atoms with van der Waals surface area (Å²) in [6.45, 7) is 6.42. The molecule has 6 nitrogen and oxygen atoms in total. The molecule has 0 saturated heterocycles. The first-order chi connectivity index (χ1) is 33.0. The molecule has 0 aliphatic rings. The number of allylic oxidation sites excluding steroid dienone is 16. The van der Waals surface area contributed by atoms with Crippen LogP contribution in [-0.4, -0.2) is 37.2 Å². The monoisotopic (exact) mass is 931 g/mol. The van der Waals surface area contributed by atoms with E-state index < -0.39 is 6.10 Å². The molecule has 1 atom stereocenters. The van der Waals surface area contributed by atoms with E-state index in [-0.39, 0.29) is 31.1 Å². The molecule has 0 unspecified atom stereocenters. The molecule has 67 heavy (non-hydrogen) atoms. The molecule has 0 aliphatic heterocycles. The van der Waals surface area contributed by atoms with Gasteiger partial charge in [0.25, 0.3) is 0 Å². The van der Waals surface area contributed by atoms with Crippen LogP contribution in [-0.2, 0) is 28.6 Å². The first-order valence-corrected chi connectivity index (χ1v) is 27.7. The molecule has 0 aromatic heterocycles. The van der Waals surface area contributed by atoms with E-state index in [0.29, 0.717) is 19.3 Å². The maximum Gasteiger partial charge on any atom is 0.306 e. The standard InChI is InChI=1S/C61H102O6/c1-4-7-10-13-16-19-22-24-26-28-30-32-34-36-39-41-44-47-50-53-59(62)65-56-58(67-61(64)55-52-49-46-43-38-21-18-15-12-9-6-3)57-66-60(63)54-51-48-45-42-40-37-35-33-31-29-27-25-23-20-17-14-11-8-5-2/h7,10,15-20,24-27,30,32,36,39,58H,4-6,8-9,11-14,21-23,28-29,31,33-35,37-38,40-57H2,1-3H3/b10-7-,18-15-,19-16-,20-17-,26-24-,27-25-,32-30-,39-36-/t58-/m1/s1. The van der Waals surface area contributed by atoms with Crippen LogP contribution in [0, 0.1) is 0 Å². The van der Waals surface area contributed by atoms with Gasteiger partial charge in [-0.15, -0.1) is 0 Å². The van der Waals surface area contributed by atoms with Crippen LogP contribution < -0.4 is 0 Å². The third-order valence-corrected chi connectivity index (χ3v) is 11.5. The summed E-state index contributed by atoms with van der Waals surface area (Å²) in [6.07, 6.45) is 72.5. The highest BCUT2D eigenvalue weighted by Crippen LogP contribution is 2.14. The average molecular weight is 931 g/mol. The predicted octanol–water partition coefficient (Wildman–Crippen LogP) is 18.5. The van der Waals surface area contributed by atoms with Crippen LogP contribution in [0.25, 0.3) is 0 Å². The summed E-state index contributed by atoms with van der Waals surface area (Å²) in [7, 11) is 0. The second kappa shape index (κ2) is 54.9. The minimum absolute atomic E-state index is 0.0944. The fourth-order valence-corrected chi connectivity index (χ4v) is 7.36. The highest BCUT2D eigenvalue weighted by molar-refractivity contribution is 5.71. The van der Waals surface area contributed by atoms with Crippen LogP contribution in [0.3, 0.4) is 0 Å². The van der Waals surface area contributed by atoms with Crippen molar-refractivity contribution < 1.29 is 28.6 Å². The zero-order valence-electron chi connectivity index (χ0n) is 43.6. The molecule has 382 valence electrons. The zero-order chi connectivity index (χ0) is 48.6. The first-order valence-electron chi connectivity index (χ1n) is 27.7. The molecule has 0 bridgehead atoms. The van der Waals surface area contributed by atoms with Gasteiger partial charge in [-0.1, -0.05) is 214 Å². The van der Waals surface area contributed by atoms with Gasteiger partial charge in [-0.05, 0) is 116 Å². The number of esters is 3. The quantitative estimate of drug-likeness (QED) is 0.0262. The Kier molecular flexibility index (Phi) is 51.9. The minimum Gasteiger partial charge on any atom is -0.462 e. The molecule has 0 rings (SSSR count). The highest BCUT2D eigenvalue weighted by Gasteiger charge is 2.19. The van der Waals surface area contributed by atoms with Crippen LogP contribution in [0.4, 0.5) is 0 Å². The van der Waals surface area contributed by atoms with Crippen molar-refractivity contribution in [3.8, 4) is 0 Å². The molecule has 0 aliphatic carbocycles. The molecule has 0 aromatic carbocycles. The summed E-state index contributed by atoms with van der Waals surface area (Å²) in [5, 5.41) is 0. The lowest BCUT2D eigenvalue weighted by atomic mass is 10.1. The maximum atomic E-state index is 12.8. The van der Waals surface area contributed by atoms with Crippen LogP contribution >= 0.6 is 0 Å². The van der Waals surface area contributed by atoms with Gasteiger partial charge in [0.05, 0.1) is 0 Å². The smallest absolute Gasteiger partial charge is 0.306 e. The topological polar surface area (TPSA) is 78.9 Å². The van der Waals surface area contributed by atoms with E-state index in [9.17, 15) is 14.4 Å². The van der Waals surface area contributed by atoms with Gasteiger partial charge in [0.2, 0.25) is 0 Å². The van der Waals surface area contributed by atoms with Crippen LogP contribution in [0.2, 0.25) is 0 Å². The van der Waals surface area contributed by atoms with Gasteiger partial charge in [0.15, 0.2) is 6.10 Å². The number of carbonyl (C=O) groups excluding carboxylic acids is 3. The molecule has 0 radical (unpaired) electrons. The molecular weight excluding hydrogens is 829 g/mol. The minimum atomic E-state index is -0.798. The number of unbranched alkanes of at least 4 members (excludes halogenated alkanes) is 22. The molecular formula is C61H102O6. The summed E-state index contributed by atoms with van der Waals surface area (Å²) in [5.74, 6) is -0.942. The second-order valence-electron chi connectivity index (χ2n) is 18.1. The SMILES string of the molecule is CC/C=C\C/C=C\C/C=C\C/C=C\C/C=C\CCCCCC(=O)OC[C@H](COC(=O)CCCCCCCCCCC/C=C\C/C=C\CCCCC)OC(=O)CCCCCCC/C=C\CCCC. The first kappa shape index (κ1) is 63.3. The van der Waals surface area contributed by atoms with Crippen LogP contribution in [0.1, 0.15) is 252 Å². The number of carbonyl (C=O) groups is 3. The second-order valence-corrected chi connectivity index (χ2v) is 18.1. The molecule has 0 spiro atoms. The Balaban J connectivity index is 4.40. The normalized spacial score (nSPS) is 12.8. The molecule has 6 heteroatoms. The highest BCUT2D eigenvalue weighted by atomic mass is 16.6. The summed E-state index contributed by atoms with van der Waals surface area (Å²) < 4.78 is 16.8. The number of hydrogen-bond acceptors (Lipinski definition) is 6. The van der Waals surface area contributed by atoms with Crippen molar-refractivity contribution in [3.63, 3.8) is 0 Å². The summed E-state index contributed by atoms with van der Waals surface area (Å²) in [4.78, 5) is 38.1. The molecule has 0 aromatic rings. The Labute approximate surface area is 413 Å². The van der Waals surface area contributed by atoms with Crippen molar-refractivity contribution in [2.75, 3.05) is 13.2 Å². The molecule has 0 N–H and O–H groups in total. The molecule has 0 heterocycles. The zero-order valence-corrected chi connectivity index (χ0v) is 43.6. The van der Waals surface area contributed by atoms with E-state index in [1.807, 2.05) is 0 Å².